The Morgan fingerprint density at radius 1 is 1.62 bits per heavy atom. The Labute approximate surface area is 76.6 Å². The van der Waals surface area contributed by atoms with Gasteiger partial charge in [-0.05, 0) is 13.0 Å². The van der Waals surface area contributed by atoms with Crippen LogP contribution in [0.4, 0.5) is 4.79 Å². The number of amides is 2. The molecule has 0 fully saturated rings. The molecule has 0 aliphatic rings. The first-order valence-electron chi connectivity index (χ1n) is 3.96. The minimum absolute atomic E-state index is 0.212. The third kappa shape index (κ3) is 3.06. The van der Waals surface area contributed by atoms with Crippen molar-refractivity contribution in [1.82, 2.24) is 20.6 Å². The van der Waals surface area contributed by atoms with Gasteiger partial charge < -0.3 is 10.6 Å². The van der Waals surface area contributed by atoms with Gasteiger partial charge >= 0.3 is 6.03 Å². The van der Waals surface area contributed by atoms with E-state index >= 15 is 0 Å². The molecule has 1 aromatic rings. The van der Waals surface area contributed by atoms with Crippen LogP contribution in [0.25, 0.3) is 0 Å². The molecule has 0 saturated carbocycles. The molecule has 2 amide bonds. The summed E-state index contributed by atoms with van der Waals surface area (Å²) >= 11 is 0. The van der Waals surface area contributed by atoms with Crippen LogP contribution in [0.2, 0.25) is 0 Å². The second-order valence-electron chi connectivity index (χ2n) is 2.53. The van der Waals surface area contributed by atoms with Crippen LogP contribution in [0.15, 0.2) is 12.3 Å². The maximum Gasteiger partial charge on any atom is 0.314 e. The van der Waals surface area contributed by atoms with E-state index in [1.165, 1.54) is 0 Å². The number of carbonyl (C=O) groups excluding carboxylic acids is 1. The van der Waals surface area contributed by atoms with Crippen LogP contribution in [-0.4, -0.2) is 23.0 Å². The zero-order valence-corrected chi connectivity index (χ0v) is 7.66. The first-order valence-corrected chi connectivity index (χ1v) is 3.96. The lowest BCUT2D eigenvalue weighted by molar-refractivity contribution is 0.242. The number of nitrogens with one attached hydrogen (secondary N) is 2. The molecule has 13 heavy (non-hydrogen) atoms. The molecule has 5 nitrogen and oxygen atoms in total. The fraction of sp³-hybridized carbons (Fsp3) is 0.375. The summed E-state index contributed by atoms with van der Waals surface area (Å²) in [5.41, 5.74) is 0.802. The molecular formula is C8H12N4O. The Morgan fingerprint density at radius 3 is 3.00 bits per heavy atom. The van der Waals surface area contributed by atoms with E-state index in [-0.39, 0.29) is 6.03 Å². The van der Waals surface area contributed by atoms with E-state index in [0.29, 0.717) is 12.4 Å². The molecule has 0 bridgehead atoms. The number of carbonyl (C=O) groups is 1. The molecule has 70 valence electrons. The van der Waals surface area contributed by atoms with Gasteiger partial charge in [0.15, 0.2) is 0 Å². The van der Waals surface area contributed by atoms with Crippen molar-refractivity contribution in [1.29, 1.82) is 0 Å². The summed E-state index contributed by atoms with van der Waals surface area (Å²) in [5.74, 6) is 0.705. The largest absolute Gasteiger partial charge is 0.341 e. The van der Waals surface area contributed by atoms with Crippen LogP contribution in [0.1, 0.15) is 11.5 Å². The van der Waals surface area contributed by atoms with Gasteiger partial charge in [-0.2, -0.15) is 0 Å². The summed E-state index contributed by atoms with van der Waals surface area (Å²) in [6.07, 6.45) is 1.67. The number of urea groups is 1. The Morgan fingerprint density at radius 2 is 2.38 bits per heavy atom. The quantitative estimate of drug-likeness (QED) is 0.683. The molecule has 5 heteroatoms. The fourth-order valence-electron chi connectivity index (χ4n) is 0.863. The van der Waals surface area contributed by atoms with Crippen molar-refractivity contribution in [3.63, 3.8) is 0 Å². The van der Waals surface area contributed by atoms with E-state index in [0.717, 1.165) is 5.69 Å². The first-order chi connectivity index (χ1) is 6.22. The van der Waals surface area contributed by atoms with Gasteiger partial charge in [0.25, 0.3) is 0 Å². The fourth-order valence-corrected chi connectivity index (χ4v) is 0.863. The molecule has 0 spiro atoms. The third-order valence-electron chi connectivity index (χ3n) is 1.49. The molecule has 0 radical (unpaired) electrons. The number of aromatic nitrogens is 2. The van der Waals surface area contributed by atoms with E-state index in [1.807, 2.05) is 6.92 Å². The summed E-state index contributed by atoms with van der Waals surface area (Å²) in [6, 6.07) is 1.56. The zero-order valence-electron chi connectivity index (χ0n) is 7.66. The second kappa shape index (κ2) is 4.39. The highest BCUT2D eigenvalue weighted by molar-refractivity contribution is 5.73. The van der Waals surface area contributed by atoms with Crippen molar-refractivity contribution in [2.75, 3.05) is 7.05 Å². The topological polar surface area (TPSA) is 66.9 Å². The SMILES string of the molecule is CNC(=O)NCc1ccnc(C)n1. The maximum absolute atomic E-state index is 10.8. The molecule has 1 heterocycles. The standard InChI is InChI=1S/C8H12N4O/c1-6-10-4-3-7(12-6)5-11-8(13)9-2/h3-4H,5H2,1-2H3,(H2,9,11,13). The monoisotopic (exact) mass is 180 g/mol. The highest BCUT2D eigenvalue weighted by Crippen LogP contribution is 1.93. The summed E-state index contributed by atoms with van der Waals surface area (Å²) in [4.78, 5) is 18.9. The lowest BCUT2D eigenvalue weighted by Gasteiger charge is -2.03. The Hall–Kier alpha value is -1.65. The van der Waals surface area contributed by atoms with Crippen molar-refractivity contribution in [3.05, 3.63) is 23.8 Å². The zero-order chi connectivity index (χ0) is 9.68. The van der Waals surface area contributed by atoms with Gasteiger partial charge in [-0.3, -0.25) is 0 Å². The lowest BCUT2D eigenvalue weighted by atomic mass is 10.4. The normalized spacial score (nSPS) is 9.38. The van der Waals surface area contributed by atoms with E-state index in [2.05, 4.69) is 20.6 Å². The van der Waals surface area contributed by atoms with Gasteiger partial charge in [0, 0.05) is 13.2 Å². The number of hydrogen-bond acceptors (Lipinski definition) is 3. The predicted octanol–water partition coefficient (Wildman–Crippen LogP) is 0.214. The van der Waals surface area contributed by atoms with Gasteiger partial charge in [0.05, 0.1) is 12.2 Å². The van der Waals surface area contributed by atoms with E-state index in [4.69, 9.17) is 0 Å². The van der Waals surface area contributed by atoms with Gasteiger partial charge in [-0.25, -0.2) is 14.8 Å². The smallest absolute Gasteiger partial charge is 0.314 e. The average Bonchev–Trinajstić information content (AvgIpc) is 2.14. The summed E-state index contributed by atoms with van der Waals surface area (Å²) in [7, 11) is 1.57. The van der Waals surface area contributed by atoms with Crippen molar-refractivity contribution in [3.8, 4) is 0 Å². The van der Waals surface area contributed by atoms with Gasteiger partial charge in [-0.15, -0.1) is 0 Å². The van der Waals surface area contributed by atoms with Crippen molar-refractivity contribution < 1.29 is 4.79 Å². The van der Waals surface area contributed by atoms with Gasteiger partial charge in [-0.1, -0.05) is 0 Å². The van der Waals surface area contributed by atoms with Gasteiger partial charge in [0.1, 0.15) is 5.82 Å². The van der Waals surface area contributed by atoms with Crippen LogP contribution in [0.5, 0.6) is 0 Å². The number of rotatable bonds is 2. The Bertz CT molecular complexity index is 300. The number of nitrogens with zero attached hydrogens (tertiary/aromatic N) is 2. The van der Waals surface area contributed by atoms with Crippen LogP contribution in [-0.2, 0) is 6.54 Å². The average molecular weight is 180 g/mol. The molecule has 0 aliphatic heterocycles. The summed E-state index contributed by atoms with van der Waals surface area (Å²) in [6.45, 7) is 2.23. The summed E-state index contributed by atoms with van der Waals surface area (Å²) < 4.78 is 0. The van der Waals surface area contributed by atoms with Crippen LogP contribution < -0.4 is 10.6 Å². The molecule has 1 rings (SSSR count). The third-order valence-corrected chi connectivity index (χ3v) is 1.49. The van der Waals surface area contributed by atoms with Crippen molar-refractivity contribution in [2.45, 2.75) is 13.5 Å². The molecular weight excluding hydrogens is 168 g/mol. The van der Waals surface area contributed by atoms with E-state index in [9.17, 15) is 4.79 Å². The van der Waals surface area contributed by atoms with Crippen LogP contribution in [0.3, 0.4) is 0 Å². The van der Waals surface area contributed by atoms with Crippen molar-refractivity contribution >= 4 is 6.03 Å². The first kappa shape index (κ1) is 9.44. The predicted molar refractivity (Wildman–Crippen MR) is 48.1 cm³/mol. The van der Waals surface area contributed by atoms with E-state index < -0.39 is 0 Å². The second-order valence-corrected chi connectivity index (χ2v) is 2.53. The van der Waals surface area contributed by atoms with Gasteiger partial charge in [0.2, 0.25) is 0 Å². The highest BCUT2D eigenvalue weighted by Gasteiger charge is 1.98. The Kier molecular flexibility index (Phi) is 3.19. The van der Waals surface area contributed by atoms with Crippen LogP contribution in [0, 0.1) is 6.92 Å². The maximum atomic E-state index is 10.8. The molecule has 0 aliphatic carbocycles. The number of aryl methyl sites for hydroxylation is 1. The molecule has 0 saturated heterocycles. The lowest BCUT2D eigenvalue weighted by Crippen LogP contribution is -2.32. The van der Waals surface area contributed by atoms with E-state index in [1.54, 1.807) is 19.3 Å². The van der Waals surface area contributed by atoms with Crippen LogP contribution >= 0.6 is 0 Å². The summed E-state index contributed by atoms with van der Waals surface area (Å²) in [5, 5.41) is 5.09. The molecule has 1 aromatic heterocycles. The molecule has 2 N–H and O–H groups in total. The van der Waals surface area contributed by atoms with Crippen molar-refractivity contribution in [2.24, 2.45) is 0 Å². The molecule has 0 aromatic carbocycles. The molecule has 0 unspecified atom stereocenters. The minimum atomic E-state index is -0.212. The Balaban J connectivity index is 2.50. The highest BCUT2D eigenvalue weighted by atomic mass is 16.2. The minimum Gasteiger partial charge on any atom is -0.341 e. The number of hydrogen-bond donors (Lipinski definition) is 2. The molecule has 0 atom stereocenters.